The molecule has 2 atom stereocenters. The number of carbonyl (C=O) groups excluding carboxylic acids is 2. The van der Waals surface area contributed by atoms with Gasteiger partial charge in [-0.25, -0.2) is 4.79 Å². The molecule has 0 aliphatic carbocycles. The number of nitrogens with one attached hydrogen (secondary N) is 2. The Kier molecular flexibility index (Phi) is 7.71. The Morgan fingerprint density at radius 1 is 1.16 bits per heavy atom. The first kappa shape index (κ1) is 20.3. The van der Waals surface area contributed by atoms with Gasteiger partial charge in [0.15, 0.2) is 11.5 Å². The zero-order valence-electron chi connectivity index (χ0n) is 14.8. The lowest BCUT2D eigenvalue weighted by atomic mass is 9.99. The second-order valence-corrected chi connectivity index (χ2v) is 5.52. The zero-order chi connectivity index (χ0) is 19.0. The van der Waals surface area contributed by atoms with Crippen molar-refractivity contribution in [3.63, 3.8) is 0 Å². The summed E-state index contributed by atoms with van der Waals surface area (Å²) in [7, 11) is 2.94. The van der Waals surface area contributed by atoms with Gasteiger partial charge in [-0.2, -0.15) is 0 Å². The van der Waals surface area contributed by atoms with Gasteiger partial charge in [-0.15, -0.1) is 0 Å². The minimum Gasteiger partial charge on any atom is -0.493 e. The summed E-state index contributed by atoms with van der Waals surface area (Å²) in [5.74, 6) is -1.50. The van der Waals surface area contributed by atoms with Crippen LogP contribution in [0.15, 0.2) is 18.2 Å². The Balaban J connectivity index is 2.66. The van der Waals surface area contributed by atoms with Gasteiger partial charge in [-0.05, 0) is 24.1 Å². The molecule has 2 amide bonds. The summed E-state index contributed by atoms with van der Waals surface area (Å²) in [4.78, 5) is 35.2. The number of aliphatic carboxylic acids is 1. The lowest BCUT2D eigenvalue weighted by Crippen LogP contribution is -2.48. The number of ether oxygens (including phenoxy) is 2. The maximum atomic E-state index is 12.1. The number of hydrogen-bond acceptors (Lipinski definition) is 5. The molecule has 0 heterocycles. The third-order valence-corrected chi connectivity index (χ3v) is 3.85. The first-order valence-corrected chi connectivity index (χ1v) is 7.86. The standard InChI is InChI=1S/C17H24N2O6/c1-5-10(2)15(17(22)23)19-14(20)9-18-16(21)11-6-7-12(24-3)13(8-11)25-4/h6-8,10,15H,5,9H2,1-4H3,(H,18,21)(H,19,20)(H,22,23)/t10-,15-/m0/s1. The van der Waals surface area contributed by atoms with Crippen LogP contribution in [0.1, 0.15) is 30.6 Å². The number of amides is 2. The average molecular weight is 352 g/mol. The van der Waals surface area contributed by atoms with Gasteiger partial charge in [0.25, 0.3) is 5.91 Å². The molecular weight excluding hydrogens is 328 g/mol. The molecule has 8 heteroatoms. The minimum absolute atomic E-state index is 0.219. The fourth-order valence-electron chi connectivity index (χ4n) is 2.15. The highest BCUT2D eigenvalue weighted by atomic mass is 16.5. The molecular formula is C17H24N2O6. The van der Waals surface area contributed by atoms with Crippen LogP contribution < -0.4 is 20.1 Å². The molecule has 0 spiro atoms. The predicted molar refractivity (Wildman–Crippen MR) is 90.9 cm³/mol. The molecule has 0 fully saturated rings. The summed E-state index contributed by atoms with van der Waals surface area (Å²) >= 11 is 0. The summed E-state index contributed by atoms with van der Waals surface area (Å²) < 4.78 is 10.2. The van der Waals surface area contributed by atoms with Gasteiger partial charge >= 0.3 is 5.97 Å². The molecule has 25 heavy (non-hydrogen) atoms. The highest BCUT2D eigenvalue weighted by molar-refractivity contribution is 5.97. The maximum Gasteiger partial charge on any atom is 0.326 e. The van der Waals surface area contributed by atoms with E-state index < -0.39 is 23.8 Å². The van der Waals surface area contributed by atoms with Crippen LogP contribution in [-0.2, 0) is 9.59 Å². The van der Waals surface area contributed by atoms with Crippen LogP contribution in [0.5, 0.6) is 11.5 Å². The first-order chi connectivity index (χ1) is 11.8. The largest absolute Gasteiger partial charge is 0.493 e. The molecule has 0 aliphatic heterocycles. The quantitative estimate of drug-likeness (QED) is 0.612. The highest BCUT2D eigenvalue weighted by Gasteiger charge is 2.25. The molecule has 1 rings (SSSR count). The van der Waals surface area contributed by atoms with E-state index >= 15 is 0 Å². The van der Waals surface area contributed by atoms with Crippen molar-refractivity contribution in [2.75, 3.05) is 20.8 Å². The summed E-state index contributed by atoms with van der Waals surface area (Å²) in [5.41, 5.74) is 0.294. The molecule has 0 aromatic heterocycles. The van der Waals surface area contributed by atoms with Crippen LogP contribution in [0.2, 0.25) is 0 Å². The molecule has 0 bridgehead atoms. The van der Waals surface area contributed by atoms with Gasteiger partial charge in [-0.3, -0.25) is 9.59 Å². The van der Waals surface area contributed by atoms with Crippen LogP contribution in [-0.4, -0.2) is 49.7 Å². The molecule has 0 saturated carbocycles. The summed E-state index contributed by atoms with van der Waals surface area (Å²) in [6.45, 7) is 3.25. The van der Waals surface area contributed by atoms with Crippen LogP contribution >= 0.6 is 0 Å². The zero-order valence-corrected chi connectivity index (χ0v) is 14.8. The van der Waals surface area contributed by atoms with Crippen molar-refractivity contribution < 1.29 is 29.0 Å². The van der Waals surface area contributed by atoms with Crippen molar-refractivity contribution in [1.29, 1.82) is 0 Å². The maximum absolute atomic E-state index is 12.1. The second kappa shape index (κ2) is 9.51. The van der Waals surface area contributed by atoms with E-state index in [4.69, 9.17) is 14.6 Å². The highest BCUT2D eigenvalue weighted by Crippen LogP contribution is 2.27. The second-order valence-electron chi connectivity index (χ2n) is 5.52. The summed E-state index contributed by atoms with van der Waals surface area (Å²) in [6, 6.07) is 3.62. The Morgan fingerprint density at radius 2 is 1.80 bits per heavy atom. The van der Waals surface area contributed by atoms with Crippen LogP contribution in [0.25, 0.3) is 0 Å². The minimum atomic E-state index is -1.10. The molecule has 0 saturated heterocycles. The predicted octanol–water partition coefficient (Wildman–Crippen LogP) is 1.05. The van der Waals surface area contributed by atoms with Crippen LogP contribution in [0, 0.1) is 5.92 Å². The van der Waals surface area contributed by atoms with Crippen LogP contribution in [0.3, 0.4) is 0 Å². The smallest absolute Gasteiger partial charge is 0.326 e. The molecule has 138 valence electrons. The molecule has 0 radical (unpaired) electrons. The number of methoxy groups -OCH3 is 2. The first-order valence-electron chi connectivity index (χ1n) is 7.86. The van der Waals surface area contributed by atoms with Gasteiger partial charge < -0.3 is 25.2 Å². The molecule has 0 aliphatic rings. The molecule has 1 aromatic carbocycles. The summed E-state index contributed by atoms with van der Waals surface area (Å²) in [5, 5.41) is 14.0. The lowest BCUT2D eigenvalue weighted by molar-refractivity contribution is -0.143. The van der Waals surface area contributed by atoms with E-state index in [0.717, 1.165) is 0 Å². The average Bonchev–Trinajstić information content (AvgIpc) is 2.62. The van der Waals surface area contributed by atoms with Gasteiger partial charge in [0, 0.05) is 5.56 Å². The molecule has 1 aromatic rings. The SMILES string of the molecule is CC[C@H](C)[C@H](NC(=O)CNC(=O)c1ccc(OC)c(OC)c1)C(=O)O. The number of carboxylic acid groups (broad SMARTS) is 1. The fourth-order valence-corrected chi connectivity index (χ4v) is 2.15. The third-order valence-electron chi connectivity index (χ3n) is 3.85. The van der Waals surface area contributed by atoms with Crippen molar-refractivity contribution in [1.82, 2.24) is 10.6 Å². The van der Waals surface area contributed by atoms with Crippen molar-refractivity contribution in [2.45, 2.75) is 26.3 Å². The molecule has 8 nitrogen and oxygen atoms in total. The number of benzene rings is 1. The number of carbonyl (C=O) groups is 3. The van der Waals surface area contributed by atoms with E-state index in [-0.39, 0.29) is 12.5 Å². The van der Waals surface area contributed by atoms with E-state index in [0.29, 0.717) is 23.5 Å². The van der Waals surface area contributed by atoms with Crippen molar-refractivity contribution >= 4 is 17.8 Å². The van der Waals surface area contributed by atoms with E-state index in [9.17, 15) is 14.4 Å². The van der Waals surface area contributed by atoms with Gasteiger partial charge in [0.05, 0.1) is 20.8 Å². The van der Waals surface area contributed by atoms with E-state index in [1.54, 1.807) is 13.0 Å². The lowest BCUT2D eigenvalue weighted by Gasteiger charge is -2.20. The number of carboxylic acids is 1. The van der Waals surface area contributed by atoms with Crippen molar-refractivity contribution in [3.05, 3.63) is 23.8 Å². The number of rotatable bonds is 9. The van der Waals surface area contributed by atoms with Crippen molar-refractivity contribution in [2.24, 2.45) is 5.92 Å². The normalized spacial score (nSPS) is 12.6. The Morgan fingerprint density at radius 3 is 2.32 bits per heavy atom. The molecule has 3 N–H and O–H groups in total. The van der Waals surface area contributed by atoms with E-state index in [1.165, 1.54) is 26.4 Å². The topological polar surface area (TPSA) is 114 Å². The Hall–Kier alpha value is -2.77. The Bertz CT molecular complexity index is 632. The van der Waals surface area contributed by atoms with Crippen LogP contribution in [0.4, 0.5) is 0 Å². The van der Waals surface area contributed by atoms with E-state index in [2.05, 4.69) is 10.6 Å². The van der Waals surface area contributed by atoms with Gasteiger partial charge in [0.2, 0.25) is 5.91 Å². The molecule has 0 unspecified atom stereocenters. The van der Waals surface area contributed by atoms with Crippen molar-refractivity contribution in [3.8, 4) is 11.5 Å². The van der Waals surface area contributed by atoms with E-state index in [1.807, 2.05) is 6.92 Å². The number of hydrogen-bond donors (Lipinski definition) is 3. The fraction of sp³-hybridized carbons (Fsp3) is 0.471. The van der Waals surface area contributed by atoms with Gasteiger partial charge in [0.1, 0.15) is 6.04 Å². The summed E-state index contributed by atoms with van der Waals surface area (Å²) in [6.07, 6.45) is 0.606. The monoisotopic (exact) mass is 352 g/mol. The third kappa shape index (κ3) is 5.66. The van der Waals surface area contributed by atoms with Gasteiger partial charge in [-0.1, -0.05) is 20.3 Å². The Labute approximate surface area is 146 Å².